The van der Waals surface area contributed by atoms with Gasteiger partial charge < -0.3 is 8.83 Å². The molecule has 0 saturated heterocycles. The van der Waals surface area contributed by atoms with Gasteiger partial charge in [0.25, 0.3) is 0 Å². The summed E-state index contributed by atoms with van der Waals surface area (Å²) in [5, 5.41) is -2.78. The van der Waals surface area contributed by atoms with Crippen LogP contribution in [0, 0.1) is 0 Å². The van der Waals surface area contributed by atoms with Crippen LogP contribution in [0.1, 0.15) is 39.8 Å². The second-order valence-corrected chi connectivity index (χ2v) is 13.1. The van der Waals surface area contributed by atoms with E-state index in [1.807, 2.05) is 0 Å². The fraction of sp³-hybridized carbons (Fsp3) is 0. The van der Waals surface area contributed by atoms with E-state index in [0.29, 0.717) is 11.3 Å². The third-order valence-corrected chi connectivity index (χ3v) is 9.92. The summed E-state index contributed by atoms with van der Waals surface area (Å²) in [6.45, 7) is 0. The first-order chi connectivity index (χ1) is 40.3. The Labute approximate surface area is 370 Å². The lowest BCUT2D eigenvalue weighted by Crippen LogP contribution is -2.00. The third kappa shape index (κ3) is 5.12. The number of furan rings is 2. The Morgan fingerprint density at radius 2 is 0.930 bits per heavy atom. The van der Waals surface area contributed by atoms with Crippen LogP contribution in [0.5, 0.6) is 0 Å². The quantitative estimate of drug-likeness (QED) is 0.174. The van der Waals surface area contributed by atoms with E-state index in [0.717, 1.165) is 0 Å². The molecule has 0 atom stereocenters. The highest BCUT2D eigenvalue weighted by Gasteiger charge is 2.21. The second kappa shape index (κ2) is 12.6. The van der Waals surface area contributed by atoms with E-state index in [1.165, 1.54) is 0 Å². The van der Waals surface area contributed by atoms with Gasteiger partial charge in [-0.2, -0.15) is 0 Å². The van der Waals surface area contributed by atoms with Gasteiger partial charge in [0.05, 0.1) is 39.8 Å². The van der Waals surface area contributed by atoms with Crippen molar-refractivity contribution in [3.05, 3.63) is 175 Å². The van der Waals surface area contributed by atoms with Crippen LogP contribution in [-0.2, 0) is 0 Å². The van der Waals surface area contributed by atoms with Crippen molar-refractivity contribution in [2.24, 2.45) is 0 Å². The predicted octanol–water partition coefficient (Wildman–Crippen LogP) is 14.4. The molecule has 0 fully saturated rings. The number of aromatic nitrogens is 3. The minimum atomic E-state index is -1.03. The molecule has 0 aliphatic heterocycles. The molecular formula is C51H29N3O2S. The van der Waals surface area contributed by atoms with E-state index in [9.17, 15) is 9.60 Å². The molecule has 0 bridgehead atoms. The Hall–Kier alpha value is -7.41. The van der Waals surface area contributed by atoms with Crippen molar-refractivity contribution in [1.29, 1.82) is 0 Å². The summed E-state index contributed by atoms with van der Waals surface area (Å²) in [7, 11) is 0. The van der Waals surface area contributed by atoms with Gasteiger partial charge in [0, 0.05) is 58.4 Å². The minimum Gasteiger partial charge on any atom is -0.456 e. The monoisotopic (exact) mass is 776 g/mol. The van der Waals surface area contributed by atoms with Crippen LogP contribution < -0.4 is 0 Å². The highest BCUT2D eigenvalue weighted by atomic mass is 32.1. The highest BCUT2D eigenvalue weighted by molar-refractivity contribution is 7.25. The summed E-state index contributed by atoms with van der Waals surface area (Å²) in [6.07, 6.45) is 0. The number of nitrogens with zero attached hydrogens (tertiary/aromatic N) is 3. The maximum Gasteiger partial charge on any atom is 0.164 e. The number of benzene rings is 8. The Morgan fingerprint density at radius 3 is 1.74 bits per heavy atom. The lowest BCUT2D eigenvalue weighted by Gasteiger charge is -2.11. The van der Waals surface area contributed by atoms with Crippen molar-refractivity contribution in [2.45, 2.75) is 0 Å². The summed E-state index contributed by atoms with van der Waals surface area (Å²) >= 11 is 0.660. The Bertz CT molecular complexity index is 5100. The zero-order valence-corrected chi connectivity index (χ0v) is 28.9. The molecule has 57 heavy (non-hydrogen) atoms. The fourth-order valence-corrected chi connectivity index (χ4v) is 7.48. The molecular weight excluding hydrogens is 719 g/mol. The molecule has 0 unspecified atom stereocenters. The number of hydrogen-bond donors (Lipinski definition) is 0. The maximum absolute atomic E-state index is 10.2. The number of hydrogen-bond acceptors (Lipinski definition) is 6. The molecule has 12 rings (SSSR count). The van der Waals surface area contributed by atoms with E-state index >= 15 is 0 Å². The summed E-state index contributed by atoms with van der Waals surface area (Å²) < 4.78 is 272. The zero-order chi connectivity index (χ0) is 62.7. The number of rotatable bonds is 5. The van der Waals surface area contributed by atoms with Gasteiger partial charge in [0.15, 0.2) is 17.5 Å². The standard InChI is InChI=1S/C51H29N3O2S/c1-3-13-30(14-4-1)49-52-50(31-15-5-2-6-16-31)54-51(53-49)38-20-11-22-41-46(38)36-26-25-32(28-42(36)56-41)39-27-33(29-43-47(39)35-17-7-9-21-40(35)55-43)34-19-12-24-45-48(34)37-18-8-10-23-44(37)57-45/h1-29H/i1D,2D,3D,4D,5D,6D,7D,8D,9D,10D,11D,12D,13D,14D,15D,16D,17D,18D,19D,20D,21D,22D,23D,24D,25D,26D,27D,28D,29D. The van der Waals surface area contributed by atoms with Gasteiger partial charge in [-0.05, 0) is 70.6 Å². The van der Waals surface area contributed by atoms with Crippen molar-refractivity contribution < 1.29 is 48.6 Å². The van der Waals surface area contributed by atoms with E-state index in [-0.39, 0.29) is 20.2 Å². The van der Waals surface area contributed by atoms with Crippen molar-refractivity contribution in [1.82, 2.24) is 15.0 Å². The van der Waals surface area contributed by atoms with Crippen LogP contribution in [-0.4, -0.2) is 15.0 Å². The largest absolute Gasteiger partial charge is 0.456 e. The number of fused-ring (bicyclic) bond motifs is 9. The molecule has 0 radical (unpaired) electrons. The third-order valence-electron chi connectivity index (χ3n) is 8.90. The molecule has 8 aromatic carbocycles. The van der Waals surface area contributed by atoms with E-state index in [4.69, 9.17) is 39.0 Å². The number of thiophene rings is 1. The molecule has 0 aliphatic carbocycles. The summed E-state index contributed by atoms with van der Waals surface area (Å²) in [5.74, 6) is -2.44. The molecule has 0 spiro atoms. The zero-order valence-electron chi connectivity index (χ0n) is 57.1. The lowest BCUT2D eigenvalue weighted by atomic mass is 9.92. The van der Waals surface area contributed by atoms with Crippen molar-refractivity contribution >= 4 is 75.4 Å². The molecule has 0 saturated carbocycles. The molecule has 5 nitrogen and oxygen atoms in total. The molecule has 0 aliphatic rings. The van der Waals surface area contributed by atoms with E-state index in [1.54, 1.807) is 0 Å². The Kier molecular flexibility index (Phi) is 3.22. The van der Waals surface area contributed by atoms with Crippen molar-refractivity contribution in [3.63, 3.8) is 0 Å². The molecule has 0 N–H and O–H groups in total. The van der Waals surface area contributed by atoms with Gasteiger partial charge in [0.1, 0.15) is 22.3 Å². The first-order valence-corrected chi connectivity index (χ1v) is 17.4. The van der Waals surface area contributed by atoms with Gasteiger partial charge in [-0.25, -0.2) is 15.0 Å². The van der Waals surface area contributed by atoms with Crippen LogP contribution in [0.4, 0.5) is 0 Å². The molecule has 266 valence electrons. The minimum absolute atomic E-state index is 0.138. The molecule has 12 aromatic rings. The van der Waals surface area contributed by atoms with Crippen LogP contribution in [0.3, 0.4) is 0 Å². The van der Waals surface area contributed by atoms with Gasteiger partial charge in [-0.1, -0.05) is 127 Å². The average Bonchev–Trinajstić information content (AvgIpc) is 1.52. The molecule has 6 heteroatoms. The summed E-state index contributed by atoms with van der Waals surface area (Å²) in [4.78, 5) is 13.0. The van der Waals surface area contributed by atoms with Gasteiger partial charge in [-0.15, -0.1) is 11.3 Å². The van der Waals surface area contributed by atoms with Crippen LogP contribution in [0.2, 0.25) is 0 Å². The number of para-hydroxylation sites is 1. The lowest BCUT2D eigenvalue weighted by molar-refractivity contribution is 0.668. The maximum atomic E-state index is 10.2. The summed E-state index contributed by atoms with van der Waals surface area (Å²) in [6, 6.07) is -24.6. The highest BCUT2D eigenvalue weighted by Crippen LogP contribution is 2.46. The molecule has 4 aromatic heterocycles. The Morgan fingerprint density at radius 1 is 0.351 bits per heavy atom. The smallest absolute Gasteiger partial charge is 0.164 e. The van der Waals surface area contributed by atoms with Crippen molar-refractivity contribution in [3.8, 4) is 56.4 Å². The van der Waals surface area contributed by atoms with E-state index in [2.05, 4.69) is 15.0 Å². The van der Waals surface area contributed by atoms with Gasteiger partial charge in [0.2, 0.25) is 0 Å². The SMILES string of the molecule is [2H]c1c([2H])c([2H])c(-c2nc(-c3c([2H])c([2H])c([2H])c([2H])c3[2H])nc(-c3c([2H])c([2H])c([2H])c4oc5c([2H])c(-c6c([2H])c(-c7c([2H])c([2H])c([2H])c8sc9c([2H])c([2H])c([2H])c([2H])c9c78)c([2H])c7oc8c([2H])c([2H])c([2H])c([2H])c8c67)c([2H])c([2H])c5c34)n2)c([2H])c1[2H]. The molecule has 4 heterocycles. The van der Waals surface area contributed by atoms with Crippen LogP contribution >= 0.6 is 11.3 Å². The molecule has 0 amide bonds. The first kappa shape index (κ1) is 14.6. The van der Waals surface area contributed by atoms with Crippen LogP contribution in [0.15, 0.2) is 184 Å². The normalized spacial score (nSPS) is 19.0. The second-order valence-electron chi connectivity index (χ2n) is 12.1. The topological polar surface area (TPSA) is 65.0 Å². The van der Waals surface area contributed by atoms with Gasteiger partial charge >= 0.3 is 0 Å². The Balaban J connectivity index is 1.26. The summed E-state index contributed by atoms with van der Waals surface area (Å²) in [5.41, 5.74) is -7.62. The van der Waals surface area contributed by atoms with Gasteiger partial charge in [-0.3, -0.25) is 0 Å². The van der Waals surface area contributed by atoms with Crippen LogP contribution in [0.25, 0.3) is 120 Å². The fourth-order valence-electron chi connectivity index (χ4n) is 6.51. The van der Waals surface area contributed by atoms with E-state index < -0.39 is 276 Å². The first-order valence-electron chi connectivity index (χ1n) is 31.1. The predicted molar refractivity (Wildman–Crippen MR) is 234 cm³/mol. The average molecular weight is 777 g/mol. The van der Waals surface area contributed by atoms with Crippen molar-refractivity contribution in [2.75, 3.05) is 0 Å².